The molecule has 0 heterocycles. The van der Waals surface area contributed by atoms with Crippen LogP contribution in [0.5, 0.6) is 0 Å². The highest BCUT2D eigenvalue weighted by atomic mass is 16.5. The molecular formula is C87H71N3O13. The Morgan fingerprint density at radius 1 is 0.311 bits per heavy atom. The van der Waals surface area contributed by atoms with Gasteiger partial charge in [0, 0.05) is 22.4 Å². The number of methoxy groups -OCH3 is 2. The van der Waals surface area contributed by atoms with Crippen LogP contribution in [0.2, 0.25) is 0 Å². The minimum Gasteiger partial charge on any atom is -0.478 e. The smallest absolute Gasteiger partial charge is 0.338 e. The Bertz CT molecular complexity index is 5630. The number of carboxylic acids is 1. The molecule has 103 heavy (non-hydrogen) atoms. The summed E-state index contributed by atoms with van der Waals surface area (Å²) in [7, 11) is 2.72. The largest absolute Gasteiger partial charge is 0.478 e. The maximum absolute atomic E-state index is 11.9. The van der Waals surface area contributed by atoms with Crippen LogP contribution in [-0.2, 0) is 18.9 Å². The molecule has 16 nitrogen and oxygen atoms in total. The van der Waals surface area contributed by atoms with E-state index < -0.39 is 5.97 Å². The van der Waals surface area contributed by atoms with Crippen LogP contribution in [-0.4, -0.2) is 80.2 Å². The Labute approximate surface area is 591 Å². The van der Waals surface area contributed by atoms with Crippen LogP contribution in [0, 0.1) is 6.92 Å². The molecule has 15 rings (SSSR count). The van der Waals surface area contributed by atoms with Gasteiger partial charge in [-0.2, -0.15) is 0 Å². The molecule has 15 aromatic carbocycles. The number of hydrogen-bond acceptors (Lipinski definition) is 15. The fourth-order valence-electron chi connectivity index (χ4n) is 12.1. The minimum absolute atomic E-state index is 0.0354. The fraction of sp³-hybridized carbons (Fsp3) is 0.103. The molecule has 0 aliphatic heterocycles. The van der Waals surface area contributed by atoms with E-state index in [2.05, 4.69) is 18.2 Å². The van der Waals surface area contributed by atoms with E-state index in [9.17, 15) is 38.4 Å². The zero-order chi connectivity index (χ0) is 73.3. The SMILES string of the molecule is CC(=O)c1ccc2cc3cc(C(=O)O)ccc3cc2c1.CC(=O)c1ccc2cc3cc(C=O)ccc3cc2c1.CCOC(=O)c1ccc2cc3cc(C(=O)OCC)ccc3cc2c1.COC(=O)c1ccc2cc3cc(C(=O)OC)ccc3cc2c1.Cc1cc2cc3cc(N)c(N)cc3cc2cc1N. The first-order valence-electron chi connectivity index (χ1n) is 32.9. The van der Waals surface area contributed by atoms with Crippen molar-refractivity contribution in [2.45, 2.75) is 34.6 Å². The average molecular weight is 1370 g/mol. The lowest BCUT2D eigenvalue weighted by Gasteiger charge is -2.08. The highest BCUT2D eigenvalue weighted by Crippen LogP contribution is 2.33. The van der Waals surface area contributed by atoms with Gasteiger partial charge in [0.25, 0.3) is 0 Å². The van der Waals surface area contributed by atoms with Crippen LogP contribution >= 0.6 is 0 Å². The maximum atomic E-state index is 11.9. The van der Waals surface area contributed by atoms with Crippen LogP contribution in [0.3, 0.4) is 0 Å². The molecule has 0 fully saturated rings. The van der Waals surface area contributed by atoms with Crippen molar-refractivity contribution in [1.29, 1.82) is 0 Å². The van der Waals surface area contributed by atoms with E-state index in [0.29, 0.717) is 58.0 Å². The molecule has 7 N–H and O–H groups in total. The van der Waals surface area contributed by atoms with Gasteiger partial charge >= 0.3 is 29.8 Å². The monoisotopic (exact) mass is 1370 g/mol. The van der Waals surface area contributed by atoms with Gasteiger partial charge in [0.15, 0.2) is 11.6 Å². The zero-order valence-corrected chi connectivity index (χ0v) is 57.5. The molecule has 0 bridgehead atoms. The molecule has 0 aliphatic rings. The number of fused-ring (bicyclic) bond motifs is 10. The molecule has 0 radical (unpaired) electrons. The molecule has 0 unspecified atom stereocenters. The molecule has 512 valence electrons. The first-order chi connectivity index (χ1) is 49.5. The van der Waals surface area contributed by atoms with Gasteiger partial charge in [0.2, 0.25) is 0 Å². The topological polar surface area (TPSA) is 272 Å². The summed E-state index contributed by atoms with van der Waals surface area (Å²) >= 11 is 0. The third-order valence-corrected chi connectivity index (χ3v) is 17.6. The number of nitrogens with two attached hydrogens (primary N) is 3. The van der Waals surface area contributed by atoms with Gasteiger partial charge in [-0.25, -0.2) is 24.0 Å². The van der Waals surface area contributed by atoms with Gasteiger partial charge in [-0.05, 0) is 312 Å². The molecule has 0 saturated carbocycles. The van der Waals surface area contributed by atoms with Crippen molar-refractivity contribution < 1.29 is 62.4 Å². The predicted molar refractivity (Wildman–Crippen MR) is 412 cm³/mol. The third-order valence-electron chi connectivity index (χ3n) is 17.6. The normalized spacial score (nSPS) is 10.8. The maximum Gasteiger partial charge on any atom is 0.338 e. The Kier molecular flexibility index (Phi) is 21.2. The van der Waals surface area contributed by atoms with Gasteiger partial charge in [0.1, 0.15) is 6.29 Å². The number of ether oxygens (including phenoxy) is 4. The van der Waals surface area contributed by atoms with E-state index in [0.717, 1.165) is 125 Å². The van der Waals surface area contributed by atoms with Gasteiger partial charge in [0.05, 0.1) is 66.6 Å². The first kappa shape index (κ1) is 71.0. The highest BCUT2D eigenvalue weighted by Gasteiger charge is 2.14. The van der Waals surface area contributed by atoms with Crippen LogP contribution < -0.4 is 17.2 Å². The molecule has 0 atom stereocenters. The number of carbonyl (C=O) groups excluding carboxylic acids is 7. The van der Waals surface area contributed by atoms with Gasteiger partial charge in [-0.3, -0.25) is 14.4 Å². The van der Waals surface area contributed by atoms with Crippen molar-refractivity contribution in [3.05, 3.63) is 281 Å². The van der Waals surface area contributed by atoms with E-state index in [1.807, 2.05) is 153 Å². The Morgan fingerprint density at radius 3 is 0.854 bits per heavy atom. The van der Waals surface area contributed by atoms with Crippen molar-refractivity contribution in [3.8, 4) is 0 Å². The number of hydrogen-bond donors (Lipinski definition) is 4. The number of Topliss-reactive ketones (excluding diaryl/α,β-unsaturated/α-hetero) is 2. The number of carboxylic acid groups (broad SMARTS) is 1. The van der Waals surface area contributed by atoms with Crippen LogP contribution in [0.1, 0.15) is 116 Å². The van der Waals surface area contributed by atoms with Crippen molar-refractivity contribution in [3.63, 3.8) is 0 Å². The summed E-state index contributed by atoms with van der Waals surface area (Å²) < 4.78 is 19.6. The average Bonchev–Trinajstić information content (AvgIpc) is 0.815. The van der Waals surface area contributed by atoms with Crippen molar-refractivity contribution in [1.82, 2.24) is 0 Å². The lowest BCUT2D eigenvalue weighted by atomic mass is 9.99. The number of benzene rings is 15. The molecule has 15 aromatic rings. The number of aryl methyl sites for hydroxylation is 1. The Balaban J connectivity index is 0.000000130. The second kappa shape index (κ2) is 30.8. The van der Waals surface area contributed by atoms with Crippen molar-refractivity contribution in [2.24, 2.45) is 0 Å². The number of carbonyl (C=O) groups is 8. The van der Waals surface area contributed by atoms with E-state index >= 15 is 0 Å². The summed E-state index contributed by atoms with van der Waals surface area (Å²) in [6.45, 7) is 9.40. The van der Waals surface area contributed by atoms with E-state index in [-0.39, 0.29) is 41.0 Å². The summed E-state index contributed by atoms with van der Waals surface area (Å²) in [6.07, 6.45) is 0.850. The Hall–Kier alpha value is -13.3. The number of rotatable bonds is 10. The molecule has 0 amide bonds. The van der Waals surface area contributed by atoms with Crippen molar-refractivity contribution >= 4 is 172 Å². The second-order valence-electron chi connectivity index (χ2n) is 24.6. The second-order valence-corrected chi connectivity index (χ2v) is 24.6. The fourth-order valence-corrected chi connectivity index (χ4v) is 12.1. The third kappa shape index (κ3) is 16.2. The molecule has 0 aliphatic carbocycles. The summed E-state index contributed by atoms with van der Waals surface area (Å²) in [6, 6.07) is 71.7. The van der Waals surface area contributed by atoms with Crippen molar-refractivity contribution in [2.75, 3.05) is 44.6 Å². The summed E-state index contributed by atoms with van der Waals surface area (Å²) in [5.41, 5.74) is 25.2. The van der Waals surface area contributed by atoms with Gasteiger partial charge in [-0.1, -0.05) is 66.7 Å². The summed E-state index contributed by atoms with van der Waals surface area (Å²) in [4.78, 5) is 91.5. The van der Waals surface area contributed by atoms with Gasteiger partial charge < -0.3 is 41.3 Å². The summed E-state index contributed by atoms with van der Waals surface area (Å²) in [5.74, 6) is -2.19. The summed E-state index contributed by atoms with van der Waals surface area (Å²) in [5, 5.41) is 29.3. The molecule has 0 saturated heterocycles. The predicted octanol–water partition coefficient (Wildman–Crippen LogP) is 18.9. The lowest BCUT2D eigenvalue weighted by Crippen LogP contribution is -2.04. The Morgan fingerprint density at radius 2 is 0.553 bits per heavy atom. The lowest BCUT2D eigenvalue weighted by molar-refractivity contribution is 0.0517. The number of anilines is 3. The standard InChI is InChI=1S/C20H18O4.C18H14O4.C17H12O3.C17H12O2.C15H15N3/c1-3-23-19(21)15-7-5-13-10-18-12-16(20(22)24-4-2)8-6-14(18)9-17(13)11-15;1-21-17(19)13-5-3-11-8-16-10-14(18(20)22-2)6-4-12(16)7-15(11)9-13;1-10(18)11-2-3-12-8-16-9-14(17(19)20)5-4-13(16)7-15(12)6-11;1-11(19)13-4-5-15-8-16-6-12(10-18)2-3-14(16)9-17(15)7-13;1-8-2-9-3-11-6-14(17)15(18)7-12(11)4-10(9)5-13(8)16/h5-12H,3-4H2,1-2H3;3-10H,1-2H3;2-9H,1H3,(H,19,20);2-10H,1H3;2-7H,16-18H2,1H3. The highest BCUT2D eigenvalue weighted by molar-refractivity contribution is 6.09. The van der Waals surface area contributed by atoms with Crippen LogP contribution in [0.15, 0.2) is 231 Å². The van der Waals surface area contributed by atoms with Crippen LogP contribution in [0.4, 0.5) is 17.1 Å². The quantitative estimate of drug-likeness (QED) is 0.0247. The molecule has 0 aromatic heterocycles. The number of aldehydes is 1. The number of ketones is 2. The van der Waals surface area contributed by atoms with Gasteiger partial charge in [-0.15, -0.1) is 0 Å². The van der Waals surface area contributed by atoms with E-state index in [1.54, 1.807) is 94.4 Å². The first-order valence-corrected chi connectivity index (χ1v) is 32.9. The zero-order valence-electron chi connectivity index (χ0n) is 57.5. The minimum atomic E-state index is -0.932. The van der Waals surface area contributed by atoms with E-state index in [4.69, 9.17) is 41.3 Å². The van der Waals surface area contributed by atoms with Crippen LogP contribution in [0.25, 0.3) is 108 Å². The molecule has 0 spiro atoms. The number of aromatic carboxylic acids is 1. The van der Waals surface area contributed by atoms with E-state index in [1.165, 1.54) is 19.6 Å². The molecular weight excluding hydrogens is 1290 g/mol. The molecule has 16 heteroatoms. The number of nitrogen functional groups attached to an aromatic ring is 3. The number of esters is 4.